The first-order valence-corrected chi connectivity index (χ1v) is 8.68. The molecular weight excluding hydrogens is 332 g/mol. The van der Waals surface area contributed by atoms with Crippen LogP contribution in [-0.4, -0.2) is 67.3 Å². The van der Waals surface area contributed by atoms with Crippen molar-refractivity contribution in [3.63, 3.8) is 0 Å². The third-order valence-corrected chi connectivity index (χ3v) is 3.82. The summed E-state index contributed by atoms with van der Waals surface area (Å²) in [6, 6.07) is 5.84. The molecule has 1 aromatic carbocycles. The number of rotatable bonds is 8. The molecule has 0 spiro atoms. The molecule has 0 unspecified atom stereocenters. The molecule has 7 nitrogen and oxygen atoms in total. The van der Waals surface area contributed by atoms with Crippen molar-refractivity contribution in [2.75, 3.05) is 39.0 Å². The summed E-state index contributed by atoms with van der Waals surface area (Å²) >= 11 is 0. The van der Waals surface area contributed by atoms with Crippen LogP contribution in [0.3, 0.4) is 0 Å². The predicted molar refractivity (Wildman–Crippen MR) is 103 cm³/mol. The molecule has 0 aliphatic carbocycles. The van der Waals surface area contributed by atoms with Gasteiger partial charge in [-0.05, 0) is 45.9 Å². The van der Waals surface area contributed by atoms with E-state index in [0.717, 1.165) is 16.8 Å². The summed E-state index contributed by atoms with van der Waals surface area (Å²) in [7, 11) is 3.27. The van der Waals surface area contributed by atoms with Crippen LogP contribution in [0.5, 0.6) is 0 Å². The molecule has 0 aliphatic rings. The zero-order chi connectivity index (χ0) is 19.9. The predicted octanol–water partition coefficient (Wildman–Crippen LogP) is 1.16. The van der Waals surface area contributed by atoms with Crippen molar-refractivity contribution in [2.45, 2.75) is 33.7 Å². The van der Waals surface area contributed by atoms with E-state index >= 15 is 0 Å². The molecule has 0 radical (unpaired) electrons. The summed E-state index contributed by atoms with van der Waals surface area (Å²) in [5.41, 5.74) is 2.73. The van der Waals surface area contributed by atoms with Crippen LogP contribution in [0.2, 0.25) is 0 Å². The first-order chi connectivity index (χ1) is 12.1. The Morgan fingerprint density at radius 3 is 2.08 bits per heavy atom. The molecular formula is C19H30N4O3. The highest BCUT2D eigenvalue weighted by Crippen LogP contribution is 2.19. The van der Waals surface area contributed by atoms with Crippen molar-refractivity contribution in [1.82, 2.24) is 15.1 Å². The van der Waals surface area contributed by atoms with Crippen molar-refractivity contribution in [3.05, 3.63) is 29.3 Å². The number of carbonyl (C=O) groups is 3. The molecule has 26 heavy (non-hydrogen) atoms. The standard InChI is InChI=1S/C19H30N4O3/c1-13(2)20-16(24)10-22(5)12-18(26)23(6)11-17(25)21-19-14(3)8-7-9-15(19)4/h7-9,13H,10-12H2,1-6H3,(H,20,24)(H,21,25). The molecule has 2 N–H and O–H groups in total. The summed E-state index contributed by atoms with van der Waals surface area (Å²) in [5, 5.41) is 5.64. The average Bonchev–Trinajstić information content (AvgIpc) is 2.49. The molecule has 0 heterocycles. The van der Waals surface area contributed by atoms with Gasteiger partial charge in [-0.3, -0.25) is 19.3 Å². The number of amides is 3. The van der Waals surface area contributed by atoms with Gasteiger partial charge in [0.2, 0.25) is 17.7 Å². The number of anilines is 1. The highest BCUT2D eigenvalue weighted by Gasteiger charge is 2.17. The van der Waals surface area contributed by atoms with E-state index in [1.807, 2.05) is 45.9 Å². The quantitative estimate of drug-likeness (QED) is 0.727. The lowest BCUT2D eigenvalue weighted by atomic mass is 10.1. The number of para-hydroxylation sites is 1. The molecule has 1 rings (SSSR count). The van der Waals surface area contributed by atoms with Crippen LogP contribution in [0.1, 0.15) is 25.0 Å². The second-order valence-corrected chi connectivity index (χ2v) is 6.96. The van der Waals surface area contributed by atoms with E-state index in [-0.39, 0.29) is 43.4 Å². The maximum atomic E-state index is 12.3. The zero-order valence-electron chi connectivity index (χ0n) is 16.5. The normalized spacial score (nSPS) is 10.8. The van der Waals surface area contributed by atoms with Crippen molar-refractivity contribution >= 4 is 23.4 Å². The number of aryl methyl sites for hydroxylation is 2. The van der Waals surface area contributed by atoms with Crippen LogP contribution in [-0.2, 0) is 14.4 Å². The largest absolute Gasteiger partial charge is 0.353 e. The second-order valence-electron chi connectivity index (χ2n) is 6.96. The van der Waals surface area contributed by atoms with Gasteiger partial charge in [-0.25, -0.2) is 0 Å². The van der Waals surface area contributed by atoms with Crippen LogP contribution in [0.15, 0.2) is 18.2 Å². The van der Waals surface area contributed by atoms with Gasteiger partial charge in [-0.15, -0.1) is 0 Å². The average molecular weight is 362 g/mol. The van der Waals surface area contributed by atoms with Crippen LogP contribution in [0.4, 0.5) is 5.69 Å². The van der Waals surface area contributed by atoms with E-state index in [1.54, 1.807) is 19.0 Å². The monoisotopic (exact) mass is 362 g/mol. The summed E-state index contributed by atoms with van der Waals surface area (Å²) in [6.45, 7) is 7.77. The van der Waals surface area contributed by atoms with Gasteiger partial charge in [0.15, 0.2) is 0 Å². The van der Waals surface area contributed by atoms with E-state index in [4.69, 9.17) is 0 Å². The Labute approximate surface area is 155 Å². The van der Waals surface area contributed by atoms with Gasteiger partial charge in [0.25, 0.3) is 0 Å². The molecule has 0 atom stereocenters. The zero-order valence-corrected chi connectivity index (χ0v) is 16.5. The van der Waals surface area contributed by atoms with E-state index in [1.165, 1.54) is 4.90 Å². The third kappa shape index (κ3) is 7.23. The molecule has 0 saturated carbocycles. The van der Waals surface area contributed by atoms with Crippen molar-refractivity contribution in [1.29, 1.82) is 0 Å². The molecule has 3 amide bonds. The SMILES string of the molecule is Cc1cccc(C)c1NC(=O)CN(C)C(=O)CN(C)CC(=O)NC(C)C. The van der Waals surface area contributed by atoms with Gasteiger partial charge >= 0.3 is 0 Å². The highest BCUT2D eigenvalue weighted by atomic mass is 16.2. The number of hydrogen-bond donors (Lipinski definition) is 2. The molecule has 0 saturated heterocycles. The minimum atomic E-state index is -0.251. The van der Waals surface area contributed by atoms with E-state index < -0.39 is 0 Å². The Bertz CT molecular complexity index is 638. The first-order valence-electron chi connectivity index (χ1n) is 8.68. The lowest BCUT2D eigenvalue weighted by molar-refractivity contribution is -0.134. The molecule has 144 valence electrons. The van der Waals surface area contributed by atoms with Crippen LogP contribution >= 0.6 is 0 Å². The smallest absolute Gasteiger partial charge is 0.243 e. The molecule has 0 aliphatic heterocycles. The Morgan fingerprint density at radius 2 is 1.54 bits per heavy atom. The Kier molecular flexibility index (Phi) is 8.25. The number of nitrogens with one attached hydrogen (secondary N) is 2. The van der Waals surface area contributed by atoms with Crippen molar-refractivity contribution < 1.29 is 14.4 Å². The maximum Gasteiger partial charge on any atom is 0.243 e. The van der Waals surface area contributed by atoms with Crippen LogP contribution < -0.4 is 10.6 Å². The molecule has 0 aromatic heterocycles. The van der Waals surface area contributed by atoms with E-state index in [9.17, 15) is 14.4 Å². The van der Waals surface area contributed by atoms with Crippen LogP contribution in [0, 0.1) is 13.8 Å². The Hall–Kier alpha value is -2.41. The number of carbonyl (C=O) groups excluding carboxylic acids is 3. The third-order valence-electron chi connectivity index (χ3n) is 3.82. The molecule has 0 bridgehead atoms. The van der Waals surface area contributed by atoms with Gasteiger partial charge < -0.3 is 15.5 Å². The van der Waals surface area contributed by atoms with Gasteiger partial charge in [0.1, 0.15) is 0 Å². The van der Waals surface area contributed by atoms with E-state index in [0.29, 0.717) is 0 Å². The maximum absolute atomic E-state index is 12.3. The number of hydrogen-bond acceptors (Lipinski definition) is 4. The lowest BCUT2D eigenvalue weighted by Gasteiger charge is -2.22. The molecule has 0 fully saturated rings. The Balaban J connectivity index is 2.50. The van der Waals surface area contributed by atoms with E-state index in [2.05, 4.69) is 10.6 Å². The highest BCUT2D eigenvalue weighted by molar-refractivity contribution is 5.96. The summed E-state index contributed by atoms with van der Waals surface area (Å²) in [4.78, 5) is 39.2. The van der Waals surface area contributed by atoms with Gasteiger partial charge in [-0.1, -0.05) is 18.2 Å². The topological polar surface area (TPSA) is 81.8 Å². The summed E-state index contributed by atoms with van der Waals surface area (Å²) in [6.07, 6.45) is 0. The lowest BCUT2D eigenvalue weighted by Crippen LogP contribution is -2.44. The van der Waals surface area contributed by atoms with Gasteiger partial charge in [0, 0.05) is 18.8 Å². The number of nitrogens with zero attached hydrogens (tertiary/aromatic N) is 2. The number of likely N-dealkylation sites (N-methyl/N-ethyl adjacent to an activating group) is 2. The Morgan fingerprint density at radius 1 is 0.962 bits per heavy atom. The summed E-state index contributed by atoms with van der Waals surface area (Å²) < 4.78 is 0. The van der Waals surface area contributed by atoms with Gasteiger partial charge in [0.05, 0.1) is 19.6 Å². The molecule has 7 heteroatoms. The molecule has 1 aromatic rings. The fraction of sp³-hybridized carbons (Fsp3) is 0.526. The van der Waals surface area contributed by atoms with Crippen molar-refractivity contribution in [3.8, 4) is 0 Å². The fourth-order valence-corrected chi connectivity index (χ4v) is 2.51. The fourth-order valence-electron chi connectivity index (χ4n) is 2.51. The first kappa shape index (κ1) is 21.6. The summed E-state index contributed by atoms with van der Waals surface area (Å²) in [5.74, 6) is -0.606. The minimum absolute atomic E-state index is 0.0430. The second kappa shape index (κ2) is 9.91. The van der Waals surface area contributed by atoms with Crippen LogP contribution in [0.25, 0.3) is 0 Å². The van der Waals surface area contributed by atoms with Gasteiger partial charge in [-0.2, -0.15) is 0 Å². The minimum Gasteiger partial charge on any atom is -0.353 e. The number of benzene rings is 1. The van der Waals surface area contributed by atoms with Crippen molar-refractivity contribution in [2.24, 2.45) is 0 Å².